The van der Waals surface area contributed by atoms with Gasteiger partial charge < -0.3 is 15.4 Å². The second-order valence-electron chi connectivity index (χ2n) is 5.35. The zero-order valence-electron chi connectivity index (χ0n) is 11.6. The Kier molecular flexibility index (Phi) is 4.00. The molecule has 5 heteroatoms. The molecule has 0 spiro atoms. The lowest BCUT2D eigenvalue weighted by Gasteiger charge is -2.41. The molecule has 2 rings (SSSR count). The molecule has 1 saturated heterocycles. The highest BCUT2D eigenvalue weighted by Gasteiger charge is 2.32. The SMILES string of the molecule is CCOc1c(N)nsc1N1CC(C)CC(C)C1C. The molecule has 1 aliphatic rings. The van der Waals surface area contributed by atoms with Crippen molar-refractivity contribution in [2.45, 2.75) is 40.2 Å². The molecule has 1 fully saturated rings. The molecule has 0 aromatic carbocycles. The van der Waals surface area contributed by atoms with Crippen molar-refractivity contribution in [3.05, 3.63) is 0 Å². The number of piperidine rings is 1. The standard InChI is InChI=1S/C13H23N3OS/c1-5-17-11-12(14)15-18-13(11)16-7-8(2)6-9(3)10(16)4/h8-10H,5-7H2,1-4H3,(H2,14,15). The van der Waals surface area contributed by atoms with E-state index in [0.29, 0.717) is 30.3 Å². The fourth-order valence-corrected chi connectivity index (χ4v) is 3.59. The van der Waals surface area contributed by atoms with Gasteiger partial charge in [-0.2, -0.15) is 4.37 Å². The summed E-state index contributed by atoms with van der Waals surface area (Å²) in [5, 5.41) is 1.10. The first-order valence-corrected chi connectivity index (χ1v) is 7.46. The highest BCUT2D eigenvalue weighted by atomic mass is 32.1. The molecule has 18 heavy (non-hydrogen) atoms. The Bertz CT molecular complexity index is 407. The summed E-state index contributed by atoms with van der Waals surface area (Å²) >= 11 is 1.46. The molecular weight excluding hydrogens is 246 g/mol. The van der Waals surface area contributed by atoms with Crippen LogP contribution in [0.3, 0.4) is 0 Å². The minimum Gasteiger partial charge on any atom is -0.487 e. The Balaban J connectivity index is 2.29. The first-order valence-electron chi connectivity index (χ1n) is 6.69. The van der Waals surface area contributed by atoms with Gasteiger partial charge in [-0.05, 0) is 43.6 Å². The number of anilines is 2. The van der Waals surface area contributed by atoms with E-state index in [2.05, 4.69) is 30.0 Å². The minimum atomic E-state index is 0.514. The zero-order valence-corrected chi connectivity index (χ0v) is 12.5. The Morgan fingerprint density at radius 2 is 2.17 bits per heavy atom. The maximum absolute atomic E-state index is 5.90. The molecule has 4 nitrogen and oxygen atoms in total. The third kappa shape index (κ3) is 2.41. The van der Waals surface area contributed by atoms with E-state index in [4.69, 9.17) is 10.5 Å². The summed E-state index contributed by atoms with van der Waals surface area (Å²) in [5.41, 5.74) is 5.90. The van der Waals surface area contributed by atoms with Crippen LogP contribution >= 0.6 is 11.5 Å². The summed E-state index contributed by atoms with van der Waals surface area (Å²) < 4.78 is 9.91. The largest absolute Gasteiger partial charge is 0.487 e. The highest BCUT2D eigenvalue weighted by Crippen LogP contribution is 2.42. The van der Waals surface area contributed by atoms with E-state index in [-0.39, 0.29) is 0 Å². The maximum Gasteiger partial charge on any atom is 0.197 e. The molecule has 2 heterocycles. The fraction of sp³-hybridized carbons (Fsp3) is 0.769. The highest BCUT2D eigenvalue weighted by molar-refractivity contribution is 7.11. The van der Waals surface area contributed by atoms with Crippen molar-refractivity contribution in [2.75, 3.05) is 23.8 Å². The van der Waals surface area contributed by atoms with Crippen LogP contribution in [0.5, 0.6) is 5.75 Å². The number of rotatable bonds is 3. The Hall–Kier alpha value is -0.970. The van der Waals surface area contributed by atoms with Crippen molar-refractivity contribution in [2.24, 2.45) is 11.8 Å². The summed E-state index contributed by atoms with van der Waals surface area (Å²) in [5.74, 6) is 2.69. The van der Waals surface area contributed by atoms with Gasteiger partial charge in [0.15, 0.2) is 16.6 Å². The van der Waals surface area contributed by atoms with E-state index in [1.165, 1.54) is 18.0 Å². The molecule has 0 bridgehead atoms. The summed E-state index contributed by atoms with van der Waals surface area (Å²) in [6.07, 6.45) is 1.29. The van der Waals surface area contributed by atoms with Crippen LogP contribution in [0, 0.1) is 11.8 Å². The fourth-order valence-electron chi connectivity index (χ4n) is 2.73. The molecule has 0 amide bonds. The molecule has 2 N–H and O–H groups in total. The molecule has 0 saturated carbocycles. The second-order valence-corrected chi connectivity index (χ2v) is 6.10. The summed E-state index contributed by atoms with van der Waals surface area (Å²) in [6, 6.07) is 0.514. The zero-order chi connectivity index (χ0) is 13.3. The number of hydrogen-bond donors (Lipinski definition) is 1. The van der Waals surface area contributed by atoms with E-state index in [1.54, 1.807) is 0 Å². The number of hydrogen-bond acceptors (Lipinski definition) is 5. The van der Waals surface area contributed by atoms with Crippen LogP contribution in [-0.2, 0) is 0 Å². The number of aromatic nitrogens is 1. The number of nitrogen functional groups attached to an aromatic ring is 1. The van der Waals surface area contributed by atoms with Gasteiger partial charge in [0.1, 0.15) is 0 Å². The van der Waals surface area contributed by atoms with Gasteiger partial charge in [-0.3, -0.25) is 0 Å². The topological polar surface area (TPSA) is 51.4 Å². The van der Waals surface area contributed by atoms with Gasteiger partial charge in [-0.15, -0.1) is 0 Å². The molecule has 1 aromatic rings. The van der Waals surface area contributed by atoms with Crippen LogP contribution in [0.25, 0.3) is 0 Å². The van der Waals surface area contributed by atoms with Crippen molar-refractivity contribution in [3.63, 3.8) is 0 Å². The van der Waals surface area contributed by atoms with Gasteiger partial charge in [-0.1, -0.05) is 13.8 Å². The summed E-state index contributed by atoms with van der Waals surface area (Å²) in [6.45, 7) is 10.6. The Labute approximate surface area is 113 Å². The third-order valence-electron chi connectivity index (χ3n) is 3.80. The van der Waals surface area contributed by atoms with E-state index in [1.807, 2.05) is 6.92 Å². The van der Waals surface area contributed by atoms with Crippen LogP contribution in [0.4, 0.5) is 10.8 Å². The van der Waals surface area contributed by atoms with Gasteiger partial charge in [0, 0.05) is 12.6 Å². The first kappa shape index (κ1) is 13.5. The smallest absolute Gasteiger partial charge is 0.197 e. The first-order chi connectivity index (χ1) is 8.54. The van der Waals surface area contributed by atoms with E-state index in [9.17, 15) is 0 Å². The van der Waals surface area contributed by atoms with Gasteiger partial charge in [0.05, 0.1) is 6.61 Å². The van der Waals surface area contributed by atoms with E-state index >= 15 is 0 Å². The van der Waals surface area contributed by atoms with Crippen molar-refractivity contribution in [1.82, 2.24) is 4.37 Å². The normalized spacial score (nSPS) is 28.4. The Morgan fingerprint density at radius 3 is 2.83 bits per heavy atom. The summed E-state index contributed by atoms with van der Waals surface area (Å²) in [4.78, 5) is 2.41. The molecule has 3 atom stereocenters. The molecule has 1 aliphatic heterocycles. The van der Waals surface area contributed by atoms with Crippen molar-refractivity contribution < 1.29 is 4.74 Å². The Morgan fingerprint density at radius 1 is 1.44 bits per heavy atom. The number of nitrogens with two attached hydrogens (primary N) is 1. The van der Waals surface area contributed by atoms with E-state index < -0.39 is 0 Å². The number of ether oxygens (including phenoxy) is 1. The van der Waals surface area contributed by atoms with Crippen LogP contribution in [0.2, 0.25) is 0 Å². The van der Waals surface area contributed by atoms with Crippen LogP contribution in [0.1, 0.15) is 34.1 Å². The third-order valence-corrected chi connectivity index (χ3v) is 4.69. The van der Waals surface area contributed by atoms with Crippen molar-refractivity contribution in [3.8, 4) is 5.75 Å². The summed E-state index contributed by atoms with van der Waals surface area (Å²) in [7, 11) is 0. The quantitative estimate of drug-likeness (QED) is 0.916. The minimum absolute atomic E-state index is 0.514. The average molecular weight is 269 g/mol. The molecular formula is C13H23N3OS. The van der Waals surface area contributed by atoms with Gasteiger partial charge in [0.2, 0.25) is 0 Å². The molecule has 102 valence electrons. The van der Waals surface area contributed by atoms with Crippen LogP contribution in [-0.4, -0.2) is 23.6 Å². The maximum atomic E-state index is 5.90. The average Bonchev–Trinajstić information content (AvgIpc) is 2.67. The molecule has 1 aromatic heterocycles. The second kappa shape index (κ2) is 5.34. The van der Waals surface area contributed by atoms with Crippen molar-refractivity contribution in [1.29, 1.82) is 0 Å². The molecule has 0 aliphatic carbocycles. The predicted molar refractivity (Wildman–Crippen MR) is 77.4 cm³/mol. The lowest BCUT2D eigenvalue weighted by molar-refractivity contribution is 0.292. The number of nitrogens with zero attached hydrogens (tertiary/aromatic N) is 2. The monoisotopic (exact) mass is 269 g/mol. The van der Waals surface area contributed by atoms with Gasteiger partial charge in [0.25, 0.3) is 0 Å². The van der Waals surface area contributed by atoms with E-state index in [0.717, 1.165) is 17.3 Å². The van der Waals surface area contributed by atoms with Gasteiger partial charge in [-0.25, -0.2) is 0 Å². The van der Waals surface area contributed by atoms with Crippen molar-refractivity contribution >= 4 is 22.4 Å². The van der Waals surface area contributed by atoms with Crippen LogP contribution in [0.15, 0.2) is 0 Å². The lowest BCUT2D eigenvalue weighted by Crippen LogP contribution is -2.45. The molecule has 0 radical (unpaired) electrons. The molecule has 3 unspecified atom stereocenters. The predicted octanol–water partition coefficient (Wildman–Crippen LogP) is 2.99. The van der Waals surface area contributed by atoms with Gasteiger partial charge >= 0.3 is 0 Å². The van der Waals surface area contributed by atoms with Crippen LogP contribution < -0.4 is 15.4 Å². The lowest BCUT2D eigenvalue weighted by atomic mass is 9.86.